The fraction of sp³-hybridized carbons (Fsp3) is 0.708. The third kappa shape index (κ3) is 3.92. The molecule has 1 aromatic rings. The molecular weight excluding hydrogens is 353 g/mol. The molecule has 1 N–H and O–H groups in total. The van der Waals surface area contributed by atoms with Gasteiger partial charge in [0.05, 0.1) is 6.10 Å². The molecule has 1 aromatic carbocycles. The molecule has 6 rings (SSSR count). The number of rotatable bonds is 5. The molecule has 5 aliphatic rings. The van der Waals surface area contributed by atoms with Crippen LogP contribution in [0.1, 0.15) is 70.6 Å². The zero-order valence-corrected chi connectivity index (χ0v) is 16.7. The SMILES string of the molecule is O=C(CC12CC3CC(CC(C3)C1)C2)NC1CCC(Oc2ccc(F)cc2)CC1. The predicted molar refractivity (Wildman–Crippen MR) is 106 cm³/mol. The van der Waals surface area contributed by atoms with Crippen molar-refractivity contribution in [2.45, 2.75) is 82.8 Å². The lowest BCUT2D eigenvalue weighted by Crippen LogP contribution is -2.49. The first kappa shape index (κ1) is 18.4. The minimum Gasteiger partial charge on any atom is -0.490 e. The van der Waals surface area contributed by atoms with E-state index in [4.69, 9.17) is 4.74 Å². The Labute approximate surface area is 167 Å². The maximum Gasteiger partial charge on any atom is 0.220 e. The summed E-state index contributed by atoms with van der Waals surface area (Å²) in [5, 5.41) is 3.34. The summed E-state index contributed by atoms with van der Waals surface area (Å²) in [5.41, 5.74) is 0.321. The Hall–Kier alpha value is -1.58. The molecule has 0 aromatic heterocycles. The van der Waals surface area contributed by atoms with Crippen molar-refractivity contribution in [3.8, 4) is 5.75 Å². The molecule has 5 fully saturated rings. The second-order valence-electron chi connectivity index (χ2n) is 10.2. The van der Waals surface area contributed by atoms with E-state index in [0.29, 0.717) is 5.41 Å². The van der Waals surface area contributed by atoms with Crippen LogP contribution >= 0.6 is 0 Å². The number of hydrogen-bond donors (Lipinski definition) is 1. The molecule has 152 valence electrons. The number of hydrogen-bond acceptors (Lipinski definition) is 2. The van der Waals surface area contributed by atoms with Crippen LogP contribution in [0.15, 0.2) is 24.3 Å². The Bertz CT molecular complexity index is 673. The van der Waals surface area contributed by atoms with Gasteiger partial charge >= 0.3 is 0 Å². The molecule has 0 radical (unpaired) electrons. The second kappa shape index (κ2) is 7.35. The molecule has 5 saturated carbocycles. The molecule has 28 heavy (non-hydrogen) atoms. The van der Waals surface area contributed by atoms with Crippen LogP contribution < -0.4 is 10.1 Å². The van der Waals surface area contributed by atoms with Gasteiger partial charge in [-0.15, -0.1) is 0 Å². The minimum atomic E-state index is -0.238. The molecule has 4 bridgehead atoms. The quantitative estimate of drug-likeness (QED) is 0.753. The first-order chi connectivity index (χ1) is 13.6. The molecule has 0 saturated heterocycles. The number of nitrogens with one attached hydrogen (secondary N) is 1. The maximum atomic E-state index is 13.0. The smallest absolute Gasteiger partial charge is 0.220 e. The molecule has 3 nitrogen and oxygen atoms in total. The Morgan fingerprint density at radius 1 is 0.964 bits per heavy atom. The van der Waals surface area contributed by atoms with Gasteiger partial charge in [-0.2, -0.15) is 0 Å². The fourth-order valence-corrected chi connectivity index (χ4v) is 7.16. The van der Waals surface area contributed by atoms with Gasteiger partial charge in [-0.25, -0.2) is 4.39 Å². The molecular formula is C24H32FNO2. The highest BCUT2D eigenvalue weighted by Crippen LogP contribution is 2.61. The largest absolute Gasteiger partial charge is 0.490 e. The fourth-order valence-electron chi connectivity index (χ4n) is 7.16. The average molecular weight is 386 g/mol. The summed E-state index contributed by atoms with van der Waals surface area (Å²) < 4.78 is 19.0. The van der Waals surface area contributed by atoms with E-state index >= 15 is 0 Å². The topological polar surface area (TPSA) is 38.3 Å². The van der Waals surface area contributed by atoms with Gasteiger partial charge in [-0.05, 0) is 112 Å². The normalized spacial score (nSPS) is 39.0. The molecule has 0 heterocycles. The molecule has 0 unspecified atom stereocenters. The van der Waals surface area contributed by atoms with E-state index in [9.17, 15) is 9.18 Å². The maximum absolute atomic E-state index is 13.0. The third-order valence-corrected chi connectivity index (χ3v) is 7.86. The summed E-state index contributed by atoms with van der Waals surface area (Å²) in [6.07, 6.45) is 12.9. The molecule has 0 spiro atoms. The van der Waals surface area contributed by atoms with E-state index in [2.05, 4.69) is 5.32 Å². The van der Waals surface area contributed by atoms with Crippen LogP contribution in [0.2, 0.25) is 0 Å². The van der Waals surface area contributed by atoms with E-state index in [1.807, 2.05) is 0 Å². The van der Waals surface area contributed by atoms with Gasteiger partial charge in [0.2, 0.25) is 5.91 Å². The van der Waals surface area contributed by atoms with Crippen molar-refractivity contribution in [2.24, 2.45) is 23.2 Å². The molecule has 4 heteroatoms. The zero-order valence-electron chi connectivity index (χ0n) is 16.7. The van der Waals surface area contributed by atoms with Crippen molar-refractivity contribution >= 4 is 5.91 Å². The van der Waals surface area contributed by atoms with E-state index in [-0.39, 0.29) is 23.9 Å². The van der Waals surface area contributed by atoms with Crippen LogP contribution in [0.5, 0.6) is 5.75 Å². The standard InChI is InChI=1S/C24H32FNO2/c25-19-1-5-21(6-2-19)28-22-7-3-20(4-8-22)26-23(27)15-24-12-16-9-17(13-24)11-18(10-16)14-24/h1-2,5-6,16-18,20,22H,3-4,7-15H2,(H,26,27). The third-order valence-electron chi connectivity index (χ3n) is 7.86. The summed E-state index contributed by atoms with van der Waals surface area (Å²) in [7, 11) is 0. The number of ether oxygens (including phenoxy) is 1. The van der Waals surface area contributed by atoms with Crippen LogP contribution in [0, 0.1) is 29.0 Å². The van der Waals surface area contributed by atoms with E-state index < -0.39 is 0 Å². The summed E-state index contributed by atoms with van der Waals surface area (Å²) >= 11 is 0. The molecule has 0 aliphatic heterocycles. The molecule has 0 atom stereocenters. The van der Waals surface area contributed by atoms with E-state index in [1.165, 1.54) is 50.7 Å². The van der Waals surface area contributed by atoms with Gasteiger partial charge in [-0.1, -0.05) is 0 Å². The summed E-state index contributed by atoms with van der Waals surface area (Å²) in [5.74, 6) is 3.48. The van der Waals surface area contributed by atoms with Gasteiger partial charge in [0.15, 0.2) is 0 Å². The predicted octanol–water partition coefficient (Wildman–Crippen LogP) is 5.24. The average Bonchev–Trinajstić information content (AvgIpc) is 2.63. The highest BCUT2D eigenvalue weighted by atomic mass is 19.1. The van der Waals surface area contributed by atoms with E-state index in [1.54, 1.807) is 12.1 Å². The Kier molecular flexibility index (Phi) is 4.84. The van der Waals surface area contributed by atoms with Gasteiger partial charge in [0, 0.05) is 12.5 Å². The molecule has 5 aliphatic carbocycles. The Morgan fingerprint density at radius 3 is 2.11 bits per heavy atom. The Balaban J connectivity index is 1.09. The molecule has 1 amide bonds. The number of benzene rings is 1. The van der Waals surface area contributed by atoms with Gasteiger partial charge in [0.1, 0.15) is 11.6 Å². The second-order valence-corrected chi connectivity index (χ2v) is 10.2. The lowest BCUT2D eigenvalue weighted by atomic mass is 9.49. The minimum absolute atomic E-state index is 0.168. The van der Waals surface area contributed by atoms with Crippen LogP contribution in [-0.4, -0.2) is 18.1 Å². The number of carbonyl (C=O) groups excluding carboxylic acids is 1. The van der Waals surface area contributed by atoms with Crippen molar-refractivity contribution < 1.29 is 13.9 Å². The van der Waals surface area contributed by atoms with Gasteiger partial charge < -0.3 is 10.1 Å². The summed E-state index contributed by atoms with van der Waals surface area (Å²) in [6.45, 7) is 0. The lowest BCUT2D eigenvalue weighted by Gasteiger charge is -2.56. The summed E-state index contributed by atoms with van der Waals surface area (Å²) in [6, 6.07) is 6.54. The van der Waals surface area contributed by atoms with Crippen LogP contribution in [0.3, 0.4) is 0 Å². The van der Waals surface area contributed by atoms with Crippen LogP contribution in [-0.2, 0) is 4.79 Å². The van der Waals surface area contributed by atoms with Gasteiger partial charge in [0.25, 0.3) is 0 Å². The number of amides is 1. The monoisotopic (exact) mass is 385 g/mol. The summed E-state index contributed by atoms with van der Waals surface area (Å²) in [4.78, 5) is 12.8. The van der Waals surface area contributed by atoms with Crippen molar-refractivity contribution in [3.63, 3.8) is 0 Å². The highest BCUT2D eigenvalue weighted by Gasteiger charge is 2.51. The van der Waals surface area contributed by atoms with Gasteiger partial charge in [-0.3, -0.25) is 4.79 Å². The van der Waals surface area contributed by atoms with Crippen LogP contribution in [0.4, 0.5) is 4.39 Å². The van der Waals surface area contributed by atoms with Crippen molar-refractivity contribution in [2.75, 3.05) is 0 Å². The number of halogens is 1. The van der Waals surface area contributed by atoms with E-state index in [0.717, 1.165) is 55.6 Å². The van der Waals surface area contributed by atoms with Crippen molar-refractivity contribution in [3.05, 3.63) is 30.1 Å². The highest BCUT2D eigenvalue weighted by molar-refractivity contribution is 5.77. The Morgan fingerprint density at radius 2 is 1.54 bits per heavy atom. The van der Waals surface area contributed by atoms with Crippen molar-refractivity contribution in [1.29, 1.82) is 0 Å². The lowest BCUT2D eigenvalue weighted by molar-refractivity contribution is -0.130. The first-order valence-corrected chi connectivity index (χ1v) is 11.3. The zero-order chi connectivity index (χ0) is 19.1. The first-order valence-electron chi connectivity index (χ1n) is 11.3. The van der Waals surface area contributed by atoms with Crippen LogP contribution in [0.25, 0.3) is 0 Å². The van der Waals surface area contributed by atoms with Crippen molar-refractivity contribution in [1.82, 2.24) is 5.32 Å². The number of carbonyl (C=O) groups is 1.